The standard InChI is InChI=1S/C25H19NO3/c27-24-22(18-20-12-6-2-7-13-20)25(28)29-23(17-16-19-10-4-1-5-11-19)26(24)21-14-8-3-9-15-21/h1-17H,18H2/p+1/b17-16+. The fourth-order valence-electron chi connectivity index (χ4n) is 3.15. The molecule has 1 aromatic heterocycles. The average Bonchev–Trinajstić information content (AvgIpc) is 2.77. The van der Waals surface area contributed by atoms with Crippen LogP contribution in [0.2, 0.25) is 0 Å². The molecule has 0 bridgehead atoms. The van der Waals surface area contributed by atoms with Crippen molar-refractivity contribution in [3.05, 3.63) is 124 Å². The van der Waals surface area contributed by atoms with Crippen LogP contribution < -0.4 is 10.2 Å². The minimum atomic E-state index is -0.550. The average molecular weight is 382 g/mol. The van der Waals surface area contributed by atoms with Gasteiger partial charge in [0.05, 0.1) is 6.08 Å². The van der Waals surface area contributed by atoms with Crippen LogP contribution >= 0.6 is 0 Å². The van der Waals surface area contributed by atoms with Crippen molar-refractivity contribution in [1.82, 2.24) is 0 Å². The number of para-hydroxylation sites is 1. The molecule has 0 radical (unpaired) electrons. The number of hydrogen-bond donors (Lipinski definition) is 1. The molecule has 0 aliphatic rings. The van der Waals surface area contributed by atoms with Crippen molar-refractivity contribution in [2.24, 2.45) is 0 Å². The smallest absolute Gasteiger partial charge is 0.385 e. The van der Waals surface area contributed by atoms with Crippen LogP contribution in [0.3, 0.4) is 0 Å². The normalized spacial score (nSPS) is 11.0. The first-order valence-electron chi connectivity index (χ1n) is 9.36. The van der Waals surface area contributed by atoms with Gasteiger partial charge in [-0.15, -0.1) is 0 Å². The zero-order valence-corrected chi connectivity index (χ0v) is 15.7. The van der Waals surface area contributed by atoms with Crippen LogP contribution in [0.4, 0.5) is 0 Å². The third-order valence-corrected chi connectivity index (χ3v) is 4.60. The van der Waals surface area contributed by atoms with E-state index in [1.54, 1.807) is 10.6 Å². The van der Waals surface area contributed by atoms with Crippen LogP contribution in [0.15, 0.2) is 100 Å². The number of benzene rings is 3. The topological polar surface area (TPSA) is 54.3 Å². The second kappa shape index (κ2) is 8.40. The van der Waals surface area contributed by atoms with Crippen LogP contribution in [0.1, 0.15) is 22.6 Å². The maximum atomic E-state index is 12.7. The van der Waals surface area contributed by atoms with E-state index in [0.29, 0.717) is 5.69 Å². The summed E-state index contributed by atoms with van der Waals surface area (Å²) in [6.45, 7) is 0. The lowest BCUT2D eigenvalue weighted by Crippen LogP contribution is -2.38. The van der Waals surface area contributed by atoms with E-state index in [2.05, 4.69) is 0 Å². The minimum absolute atomic E-state index is 0.121. The molecule has 142 valence electrons. The molecule has 0 spiro atoms. The highest BCUT2D eigenvalue weighted by Crippen LogP contribution is 2.18. The quantitative estimate of drug-likeness (QED) is 0.521. The second-order valence-corrected chi connectivity index (χ2v) is 6.61. The van der Waals surface area contributed by atoms with Crippen LogP contribution in [-0.4, -0.2) is 5.11 Å². The second-order valence-electron chi connectivity index (χ2n) is 6.61. The van der Waals surface area contributed by atoms with E-state index in [0.717, 1.165) is 11.1 Å². The molecule has 0 saturated heterocycles. The molecule has 4 heteroatoms. The predicted octanol–water partition coefficient (Wildman–Crippen LogP) is 4.38. The van der Waals surface area contributed by atoms with Gasteiger partial charge in [-0.2, -0.15) is 0 Å². The van der Waals surface area contributed by atoms with Crippen molar-refractivity contribution in [3.63, 3.8) is 0 Å². The highest BCUT2D eigenvalue weighted by molar-refractivity contribution is 5.65. The summed E-state index contributed by atoms with van der Waals surface area (Å²) in [7, 11) is 0. The van der Waals surface area contributed by atoms with Gasteiger partial charge in [0.2, 0.25) is 5.69 Å². The summed E-state index contributed by atoms with van der Waals surface area (Å²) >= 11 is 0. The van der Waals surface area contributed by atoms with Crippen LogP contribution in [0, 0.1) is 0 Å². The molecule has 4 nitrogen and oxygen atoms in total. The summed E-state index contributed by atoms with van der Waals surface area (Å²) < 4.78 is 7.18. The van der Waals surface area contributed by atoms with E-state index in [4.69, 9.17) is 4.42 Å². The minimum Gasteiger partial charge on any atom is -0.459 e. The SMILES string of the molecule is O=c1oc(/C=C/c2ccccc2)[n+](-c2ccccc2)c(O)c1Cc1ccccc1. The number of aromatic hydroxyl groups is 1. The predicted molar refractivity (Wildman–Crippen MR) is 113 cm³/mol. The Balaban J connectivity index is 1.85. The number of rotatable bonds is 5. The van der Waals surface area contributed by atoms with Crippen molar-refractivity contribution in [1.29, 1.82) is 0 Å². The van der Waals surface area contributed by atoms with Crippen LogP contribution in [0.25, 0.3) is 17.8 Å². The van der Waals surface area contributed by atoms with Crippen molar-refractivity contribution >= 4 is 12.2 Å². The van der Waals surface area contributed by atoms with Gasteiger partial charge in [0.1, 0.15) is 0 Å². The Labute approximate surface area is 168 Å². The molecule has 4 rings (SSSR count). The Morgan fingerprint density at radius 3 is 2.03 bits per heavy atom. The Hall–Kier alpha value is -3.92. The molecule has 0 atom stereocenters. The van der Waals surface area contributed by atoms with Crippen molar-refractivity contribution in [2.75, 3.05) is 0 Å². The van der Waals surface area contributed by atoms with E-state index >= 15 is 0 Å². The lowest BCUT2D eigenvalue weighted by atomic mass is 10.1. The monoisotopic (exact) mass is 382 g/mol. The highest BCUT2D eigenvalue weighted by Gasteiger charge is 2.27. The first-order valence-corrected chi connectivity index (χ1v) is 9.36. The van der Waals surface area contributed by atoms with E-state index < -0.39 is 5.63 Å². The number of nitrogens with zero attached hydrogens (tertiary/aromatic N) is 1. The fraction of sp³-hybridized carbons (Fsp3) is 0.0400. The van der Waals surface area contributed by atoms with Gasteiger partial charge in [-0.05, 0) is 17.2 Å². The molecule has 0 saturated carbocycles. The molecule has 0 aliphatic carbocycles. The molecule has 3 aromatic carbocycles. The van der Waals surface area contributed by atoms with Gasteiger partial charge in [0.25, 0.3) is 0 Å². The van der Waals surface area contributed by atoms with Crippen LogP contribution in [-0.2, 0) is 6.42 Å². The molecule has 4 aromatic rings. The van der Waals surface area contributed by atoms with Gasteiger partial charge >= 0.3 is 17.4 Å². The van der Waals surface area contributed by atoms with E-state index in [9.17, 15) is 9.90 Å². The molecule has 0 amide bonds. The fourth-order valence-corrected chi connectivity index (χ4v) is 3.15. The third-order valence-electron chi connectivity index (χ3n) is 4.60. The van der Waals surface area contributed by atoms with Gasteiger partial charge in [0.15, 0.2) is 5.56 Å². The largest absolute Gasteiger partial charge is 0.459 e. The number of hydrogen-bond acceptors (Lipinski definition) is 3. The summed E-state index contributed by atoms with van der Waals surface area (Å²) in [5, 5.41) is 11.0. The Bertz CT molecular complexity index is 1180. The maximum absolute atomic E-state index is 12.7. The summed E-state index contributed by atoms with van der Waals surface area (Å²) in [6, 6.07) is 28.6. The van der Waals surface area contributed by atoms with Crippen LogP contribution in [0.5, 0.6) is 5.88 Å². The lowest BCUT2D eigenvalue weighted by Gasteiger charge is -2.05. The highest BCUT2D eigenvalue weighted by atomic mass is 16.4. The molecule has 29 heavy (non-hydrogen) atoms. The van der Waals surface area contributed by atoms with Gasteiger partial charge in [-0.1, -0.05) is 83.4 Å². The maximum Gasteiger partial charge on any atom is 0.385 e. The summed E-state index contributed by atoms with van der Waals surface area (Å²) in [5.41, 5.74) is 2.25. The first-order chi connectivity index (χ1) is 14.2. The van der Waals surface area contributed by atoms with Crippen molar-refractivity contribution in [2.45, 2.75) is 6.42 Å². The van der Waals surface area contributed by atoms with Crippen molar-refractivity contribution in [3.8, 4) is 11.6 Å². The Morgan fingerprint density at radius 2 is 1.38 bits per heavy atom. The van der Waals surface area contributed by atoms with Gasteiger partial charge < -0.3 is 9.52 Å². The summed E-state index contributed by atoms with van der Waals surface area (Å²) in [4.78, 5) is 12.7. The van der Waals surface area contributed by atoms with E-state index in [1.807, 2.05) is 97.1 Å². The lowest BCUT2D eigenvalue weighted by molar-refractivity contribution is -0.619. The zero-order valence-electron chi connectivity index (χ0n) is 15.7. The van der Waals surface area contributed by atoms with Gasteiger partial charge in [-0.25, -0.2) is 4.79 Å². The van der Waals surface area contributed by atoms with Gasteiger partial charge in [0, 0.05) is 18.6 Å². The zero-order chi connectivity index (χ0) is 20.1. The summed E-state index contributed by atoms with van der Waals surface area (Å²) in [5.74, 6) is 0.128. The Kier molecular flexibility index (Phi) is 5.34. The molecule has 0 unspecified atom stereocenters. The molecular weight excluding hydrogens is 362 g/mol. The van der Waals surface area contributed by atoms with Crippen molar-refractivity contribution < 1.29 is 14.1 Å². The Morgan fingerprint density at radius 1 is 0.793 bits per heavy atom. The first kappa shape index (κ1) is 18.4. The molecular formula is C25H20NO3+. The van der Waals surface area contributed by atoms with Gasteiger partial charge in [-0.3, -0.25) is 0 Å². The number of aromatic nitrogens is 1. The molecule has 1 N–H and O–H groups in total. The molecule has 0 aliphatic heterocycles. The molecule has 0 fully saturated rings. The van der Waals surface area contributed by atoms with E-state index in [1.165, 1.54) is 0 Å². The van der Waals surface area contributed by atoms with E-state index in [-0.39, 0.29) is 23.8 Å². The third kappa shape index (κ3) is 4.17. The molecule has 1 heterocycles. The summed E-state index contributed by atoms with van der Waals surface area (Å²) in [6.07, 6.45) is 3.81.